The van der Waals surface area contributed by atoms with E-state index in [1.165, 1.54) is 10.5 Å². The first-order valence-corrected chi connectivity index (χ1v) is 9.71. The summed E-state index contributed by atoms with van der Waals surface area (Å²) < 4.78 is 3.22. The van der Waals surface area contributed by atoms with E-state index in [0.29, 0.717) is 23.0 Å². The van der Waals surface area contributed by atoms with Crippen molar-refractivity contribution < 1.29 is 9.90 Å². The van der Waals surface area contributed by atoms with Crippen LogP contribution in [-0.4, -0.2) is 38.1 Å². The number of hydrogen-bond donors (Lipinski definition) is 2. The van der Waals surface area contributed by atoms with E-state index in [0.717, 1.165) is 24.8 Å². The van der Waals surface area contributed by atoms with Crippen molar-refractivity contribution in [2.24, 2.45) is 0 Å². The molecular formula is C20H23ClN4O3. The number of hydrogen-bond acceptors (Lipinski definition) is 4. The van der Waals surface area contributed by atoms with Crippen LogP contribution in [0.2, 0.25) is 5.02 Å². The maximum atomic E-state index is 12.6. The van der Waals surface area contributed by atoms with E-state index in [9.17, 15) is 9.59 Å². The Labute approximate surface area is 167 Å². The number of aryl methyl sites for hydroxylation is 1. The lowest BCUT2D eigenvalue weighted by Crippen LogP contribution is -2.32. The molecule has 0 unspecified atom stereocenters. The normalized spacial score (nSPS) is 11.1. The fraction of sp³-hybridized carbons (Fsp3) is 0.350. The predicted molar refractivity (Wildman–Crippen MR) is 109 cm³/mol. The molecule has 2 heterocycles. The number of aromatic nitrogens is 3. The molecule has 0 saturated carbocycles. The highest BCUT2D eigenvalue weighted by Crippen LogP contribution is 2.21. The van der Waals surface area contributed by atoms with Gasteiger partial charge in [-0.2, -0.15) is 0 Å². The number of carbonyl (C=O) groups is 1. The van der Waals surface area contributed by atoms with Gasteiger partial charge in [-0.25, -0.2) is 4.98 Å². The molecule has 1 aromatic carbocycles. The molecule has 1 amide bonds. The number of unbranched alkanes of at least 4 members (excludes halogenated alkanes) is 2. The fourth-order valence-corrected chi connectivity index (χ4v) is 3.17. The topological polar surface area (TPSA) is 88.6 Å². The van der Waals surface area contributed by atoms with E-state index >= 15 is 0 Å². The number of halogens is 1. The van der Waals surface area contributed by atoms with Crippen LogP contribution in [0.1, 0.15) is 36.7 Å². The van der Waals surface area contributed by atoms with Gasteiger partial charge in [-0.3, -0.25) is 14.0 Å². The second kappa shape index (κ2) is 9.03. The van der Waals surface area contributed by atoms with E-state index < -0.39 is 5.91 Å². The fourth-order valence-electron chi connectivity index (χ4n) is 3.04. The zero-order valence-corrected chi connectivity index (χ0v) is 16.4. The lowest BCUT2D eigenvalue weighted by atomic mass is 10.2. The Balaban J connectivity index is 2.12. The van der Waals surface area contributed by atoms with Crippen LogP contribution in [0.25, 0.3) is 17.0 Å². The highest BCUT2D eigenvalue weighted by molar-refractivity contribution is 6.30. The SMILES string of the molecule is CCCCCn1c(C(=O)NCCO)cc(=O)n2cc(-c3ccc(Cl)cc3)nc12. The molecule has 0 bridgehead atoms. The van der Waals surface area contributed by atoms with Gasteiger partial charge in [0.2, 0.25) is 5.78 Å². The summed E-state index contributed by atoms with van der Waals surface area (Å²) in [4.78, 5) is 29.8. The molecule has 28 heavy (non-hydrogen) atoms. The monoisotopic (exact) mass is 402 g/mol. The molecule has 148 valence electrons. The largest absolute Gasteiger partial charge is 0.395 e. The Morgan fingerprint density at radius 1 is 1.25 bits per heavy atom. The molecule has 2 N–H and O–H groups in total. The molecule has 0 atom stereocenters. The highest BCUT2D eigenvalue weighted by atomic mass is 35.5. The highest BCUT2D eigenvalue weighted by Gasteiger charge is 2.18. The molecule has 8 heteroatoms. The van der Waals surface area contributed by atoms with Crippen LogP contribution >= 0.6 is 11.6 Å². The second-order valence-electron chi connectivity index (χ2n) is 6.51. The van der Waals surface area contributed by atoms with Gasteiger partial charge in [0.05, 0.1) is 12.3 Å². The maximum Gasteiger partial charge on any atom is 0.268 e. The Hall–Kier alpha value is -2.64. The van der Waals surface area contributed by atoms with E-state index in [4.69, 9.17) is 16.7 Å². The number of amides is 1. The smallest absolute Gasteiger partial charge is 0.268 e. The Morgan fingerprint density at radius 2 is 2.00 bits per heavy atom. The summed E-state index contributed by atoms with van der Waals surface area (Å²) in [6, 6.07) is 8.53. The first-order valence-electron chi connectivity index (χ1n) is 9.33. The predicted octanol–water partition coefficient (Wildman–Crippen LogP) is 2.73. The molecule has 0 saturated heterocycles. The van der Waals surface area contributed by atoms with Crippen LogP contribution < -0.4 is 10.9 Å². The van der Waals surface area contributed by atoms with Crippen LogP contribution in [0, 0.1) is 0 Å². The Morgan fingerprint density at radius 3 is 2.68 bits per heavy atom. The van der Waals surface area contributed by atoms with E-state index in [-0.39, 0.29) is 24.4 Å². The van der Waals surface area contributed by atoms with Crippen molar-refractivity contribution in [2.75, 3.05) is 13.2 Å². The van der Waals surface area contributed by atoms with Gasteiger partial charge < -0.3 is 15.0 Å². The van der Waals surface area contributed by atoms with Gasteiger partial charge in [0.25, 0.3) is 11.5 Å². The summed E-state index contributed by atoms with van der Waals surface area (Å²) >= 11 is 5.95. The van der Waals surface area contributed by atoms with Crippen LogP contribution in [-0.2, 0) is 6.54 Å². The van der Waals surface area contributed by atoms with Crippen LogP contribution in [0.5, 0.6) is 0 Å². The number of rotatable bonds is 8. The molecule has 0 radical (unpaired) electrons. The zero-order valence-electron chi connectivity index (χ0n) is 15.7. The van der Waals surface area contributed by atoms with Gasteiger partial charge >= 0.3 is 0 Å². The van der Waals surface area contributed by atoms with Crippen molar-refractivity contribution in [1.29, 1.82) is 0 Å². The van der Waals surface area contributed by atoms with Crippen LogP contribution in [0.15, 0.2) is 41.3 Å². The molecule has 7 nitrogen and oxygen atoms in total. The first kappa shape index (κ1) is 20.1. The number of nitrogens with zero attached hydrogens (tertiary/aromatic N) is 3. The summed E-state index contributed by atoms with van der Waals surface area (Å²) in [5, 5.41) is 12.2. The van der Waals surface area contributed by atoms with Crippen molar-refractivity contribution >= 4 is 23.3 Å². The third-order valence-corrected chi connectivity index (χ3v) is 4.72. The number of imidazole rings is 1. The average molecular weight is 403 g/mol. The van der Waals surface area contributed by atoms with Gasteiger partial charge in [0, 0.05) is 35.9 Å². The van der Waals surface area contributed by atoms with Crippen molar-refractivity contribution in [2.45, 2.75) is 32.7 Å². The Kier molecular flexibility index (Phi) is 6.49. The third kappa shape index (κ3) is 4.26. The van der Waals surface area contributed by atoms with Gasteiger partial charge in [-0.05, 0) is 18.6 Å². The van der Waals surface area contributed by atoms with Crippen LogP contribution in [0.4, 0.5) is 0 Å². The van der Waals surface area contributed by atoms with Gasteiger partial charge in [-0.1, -0.05) is 43.5 Å². The summed E-state index contributed by atoms with van der Waals surface area (Å²) in [6.45, 7) is 2.62. The lowest BCUT2D eigenvalue weighted by Gasteiger charge is -2.14. The molecule has 2 aromatic heterocycles. The molecule has 3 rings (SSSR count). The van der Waals surface area contributed by atoms with Crippen molar-refractivity contribution in [3.05, 3.63) is 57.6 Å². The van der Waals surface area contributed by atoms with E-state index in [1.54, 1.807) is 22.9 Å². The maximum absolute atomic E-state index is 12.6. The molecule has 0 aliphatic carbocycles. The number of benzene rings is 1. The minimum atomic E-state index is -0.402. The Bertz CT molecular complexity index is 1020. The number of aliphatic hydroxyl groups excluding tert-OH is 1. The minimum Gasteiger partial charge on any atom is -0.395 e. The number of carbonyl (C=O) groups excluding carboxylic acids is 1. The summed E-state index contributed by atoms with van der Waals surface area (Å²) in [5.41, 5.74) is 1.38. The third-order valence-electron chi connectivity index (χ3n) is 4.47. The van der Waals surface area contributed by atoms with Gasteiger partial charge in [-0.15, -0.1) is 0 Å². The summed E-state index contributed by atoms with van der Waals surface area (Å²) in [6.07, 6.45) is 4.57. The van der Waals surface area contributed by atoms with Crippen molar-refractivity contribution in [3.63, 3.8) is 0 Å². The van der Waals surface area contributed by atoms with Gasteiger partial charge in [0.15, 0.2) is 0 Å². The number of fused-ring (bicyclic) bond motifs is 1. The minimum absolute atomic E-state index is 0.123. The molecular weight excluding hydrogens is 380 g/mol. The molecule has 0 spiro atoms. The van der Waals surface area contributed by atoms with E-state index in [2.05, 4.69) is 17.2 Å². The van der Waals surface area contributed by atoms with Crippen LogP contribution in [0.3, 0.4) is 0 Å². The second-order valence-corrected chi connectivity index (χ2v) is 6.95. The van der Waals surface area contributed by atoms with Gasteiger partial charge in [0.1, 0.15) is 5.69 Å². The van der Waals surface area contributed by atoms with Crippen molar-refractivity contribution in [1.82, 2.24) is 19.3 Å². The molecule has 0 aliphatic rings. The molecule has 3 aromatic rings. The quantitative estimate of drug-likeness (QED) is 0.567. The lowest BCUT2D eigenvalue weighted by molar-refractivity contribution is 0.0934. The summed E-state index contributed by atoms with van der Waals surface area (Å²) in [7, 11) is 0. The average Bonchev–Trinajstić information content (AvgIpc) is 3.14. The number of aliphatic hydroxyl groups is 1. The number of nitrogens with one attached hydrogen (secondary N) is 1. The van der Waals surface area contributed by atoms with Crippen molar-refractivity contribution in [3.8, 4) is 11.3 Å². The van der Waals surface area contributed by atoms with E-state index in [1.807, 2.05) is 12.1 Å². The zero-order chi connectivity index (χ0) is 20.1. The summed E-state index contributed by atoms with van der Waals surface area (Å²) in [5.74, 6) is 0.0175. The molecule has 0 aliphatic heterocycles. The molecule has 0 fully saturated rings. The standard InChI is InChI=1S/C20H23ClN4O3/c1-2-3-4-10-24-17(19(28)22-9-11-26)12-18(27)25-13-16(23-20(24)25)14-5-7-15(21)8-6-14/h5-8,12-13,26H,2-4,9-11H2,1H3,(H,22,28). The first-order chi connectivity index (χ1) is 13.5.